The highest BCUT2D eigenvalue weighted by Gasteiger charge is 2.32. The summed E-state index contributed by atoms with van der Waals surface area (Å²) in [5.41, 5.74) is 5.90. The zero-order chi connectivity index (χ0) is 34.6. The van der Waals surface area contributed by atoms with Gasteiger partial charge < -0.3 is 29.6 Å². The van der Waals surface area contributed by atoms with Gasteiger partial charge in [0.15, 0.2) is 0 Å². The Bertz CT molecular complexity index is 1360. The SMILES string of the molecule is Cc1c(COc2ccc(CNCCOCCOCCOCCC(=O)NC(C3CCCCC3)C3CCCCC3)cn2)cccc1-c1ccccc1. The van der Waals surface area contributed by atoms with Crippen LogP contribution in [0.15, 0.2) is 66.9 Å². The van der Waals surface area contributed by atoms with Crippen LogP contribution in [-0.4, -0.2) is 63.1 Å². The summed E-state index contributed by atoms with van der Waals surface area (Å²) < 4.78 is 23.0. The lowest BCUT2D eigenvalue weighted by atomic mass is 9.73. The molecule has 2 aromatic carbocycles. The van der Waals surface area contributed by atoms with Crippen LogP contribution in [0.2, 0.25) is 0 Å². The van der Waals surface area contributed by atoms with Crippen molar-refractivity contribution in [2.45, 2.75) is 96.7 Å². The Balaban J connectivity index is 0.851. The Morgan fingerprint density at radius 1 is 0.760 bits per heavy atom. The summed E-state index contributed by atoms with van der Waals surface area (Å²) in [4.78, 5) is 17.3. The van der Waals surface area contributed by atoms with Crippen molar-refractivity contribution >= 4 is 5.91 Å². The Labute approximate surface area is 300 Å². The van der Waals surface area contributed by atoms with Gasteiger partial charge in [-0.3, -0.25) is 4.79 Å². The smallest absolute Gasteiger partial charge is 0.222 e. The number of rotatable bonds is 21. The molecule has 0 aliphatic heterocycles. The van der Waals surface area contributed by atoms with Crippen LogP contribution in [0.4, 0.5) is 0 Å². The molecule has 0 unspecified atom stereocenters. The first kappa shape index (κ1) is 37.9. The van der Waals surface area contributed by atoms with Crippen LogP contribution in [0, 0.1) is 18.8 Å². The van der Waals surface area contributed by atoms with Crippen LogP contribution in [0.1, 0.15) is 87.3 Å². The van der Waals surface area contributed by atoms with Crippen molar-refractivity contribution in [1.82, 2.24) is 15.6 Å². The molecule has 0 saturated heterocycles. The minimum atomic E-state index is 0.142. The molecule has 2 fully saturated rings. The average molecular weight is 686 g/mol. The van der Waals surface area contributed by atoms with E-state index in [9.17, 15) is 4.79 Å². The van der Waals surface area contributed by atoms with Gasteiger partial charge in [0.2, 0.25) is 11.8 Å². The third-order valence-corrected chi connectivity index (χ3v) is 10.3. The van der Waals surface area contributed by atoms with Gasteiger partial charge in [0.05, 0.1) is 39.6 Å². The summed E-state index contributed by atoms with van der Waals surface area (Å²) in [6, 6.07) is 21.1. The predicted octanol–water partition coefficient (Wildman–Crippen LogP) is 7.81. The molecule has 2 saturated carbocycles. The van der Waals surface area contributed by atoms with Crippen LogP contribution >= 0.6 is 0 Å². The van der Waals surface area contributed by atoms with E-state index < -0.39 is 0 Å². The third-order valence-electron chi connectivity index (χ3n) is 10.3. The van der Waals surface area contributed by atoms with Gasteiger partial charge >= 0.3 is 0 Å². The summed E-state index contributed by atoms with van der Waals surface area (Å²) >= 11 is 0. The lowest BCUT2D eigenvalue weighted by Crippen LogP contribution is -2.46. The van der Waals surface area contributed by atoms with Gasteiger partial charge in [-0.2, -0.15) is 0 Å². The number of nitrogens with one attached hydrogen (secondary N) is 2. The molecule has 1 amide bonds. The van der Waals surface area contributed by atoms with Crippen LogP contribution in [0.25, 0.3) is 11.1 Å². The van der Waals surface area contributed by atoms with E-state index in [1.807, 2.05) is 24.4 Å². The van der Waals surface area contributed by atoms with Crippen molar-refractivity contribution in [2.24, 2.45) is 11.8 Å². The number of aromatic nitrogens is 1. The topological polar surface area (TPSA) is 90.9 Å². The van der Waals surface area contributed by atoms with Crippen LogP contribution < -0.4 is 15.4 Å². The zero-order valence-electron chi connectivity index (χ0n) is 30.2. The highest BCUT2D eigenvalue weighted by atomic mass is 16.5. The van der Waals surface area contributed by atoms with Crippen molar-refractivity contribution in [3.05, 3.63) is 83.6 Å². The molecule has 272 valence electrons. The summed E-state index contributed by atoms with van der Waals surface area (Å²) in [5.74, 6) is 2.07. The molecular weight excluding hydrogens is 626 g/mol. The van der Waals surface area contributed by atoms with Crippen molar-refractivity contribution in [1.29, 1.82) is 0 Å². The maximum Gasteiger partial charge on any atom is 0.222 e. The second-order valence-electron chi connectivity index (χ2n) is 13.9. The van der Waals surface area contributed by atoms with Gasteiger partial charge in [-0.15, -0.1) is 0 Å². The number of ether oxygens (including phenoxy) is 4. The molecular formula is C42H59N3O5. The molecule has 0 bridgehead atoms. The number of hydrogen-bond donors (Lipinski definition) is 2. The Morgan fingerprint density at radius 2 is 1.42 bits per heavy atom. The first-order valence-electron chi connectivity index (χ1n) is 19.1. The number of benzene rings is 2. The molecule has 0 atom stereocenters. The number of carbonyl (C=O) groups is 1. The molecule has 5 rings (SSSR count). The lowest BCUT2D eigenvalue weighted by Gasteiger charge is -2.38. The van der Waals surface area contributed by atoms with Gasteiger partial charge in [-0.25, -0.2) is 4.98 Å². The molecule has 0 spiro atoms. The Morgan fingerprint density at radius 3 is 2.08 bits per heavy atom. The monoisotopic (exact) mass is 685 g/mol. The highest BCUT2D eigenvalue weighted by Crippen LogP contribution is 2.35. The fourth-order valence-corrected chi connectivity index (χ4v) is 7.47. The zero-order valence-corrected chi connectivity index (χ0v) is 30.2. The Kier molecular flexibility index (Phi) is 16.6. The van der Waals surface area contributed by atoms with E-state index in [0.717, 1.165) is 17.7 Å². The molecule has 1 heterocycles. The molecule has 8 heteroatoms. The van der Waals surface area contributed by atoms with E-state index in [0.29, 0.717) is 83.0 Å². The molecule has 2 N–H and O–H groups in total. The quantitative estimate of drug-likeness (QED) is 0.111. The third kappa shape index (κ3) is 12.8. The predicted molar refractivity (Wildman–Crippen MR) is 199 cm³/mol. The van der Waals surface area contributed by atoms with Gasteiger partial charge in [-0.05, 0) is 72.3 Å². The van der Waals surface area contributed by atoms with Crippen molar-refractivity contribution in [3.8, 4) is 17.0 Å². The normalized spacial score (nSPS) is 15.7. The number of carbonyl (C=O) groups excluding carboxylic acids is 1. The minimum absolute atomic E-state index is 0.142. The molecule has 8 nitrogen and oxygen atoms in total. The molecule has 3 aromatic rings. The van der Waals surface area contributed by atoms with Gasteiger partial charge in [0.1, 0.15) is 6.61 Å². The lowest BCUT2D eigenvalue weighted by molar-refractivity contribution is -0.124. The maximum atomic E-state index is 12.8. The molecule has 2 aliphatic rings. The minimum Gasteiger partial charge on any atom is -0.473 e. The van der Waals surface area contributed by atoms with E-state index in [-0.39, 0.29) is 5.91 Å². The Hall–Kier alpha value is -3.30. The van der Waals surface area contributed by atoms with E-state index in [2.05, 4.69) is 65.0 Å². The standard InChI is InChI=1S/C42H59N3O5/c1-33-38(18-11-19-39(33)35-12-5-2-6-13-35)32-50-41-21-20-34(31-44-41)30-43-23-25-48-27-29-49-28-26-47-24-22-40(46)45-42(36-14-7-3-8-15-36)37-16-9-4-10-17-37/h2,5-6,11-13,18-21,31,36-37,42-43H,3-4,7-10,14-17,22-30,32H2,1H3,(H,45,46). The summed E-state index contributed by atoms with van der Waals surface area (Å²) in [6.45, 7) is 7.16. The number of amides is 1. The first-order valence-corrected chi connectivity index (χ1v) is 19.1. The van der Waals surface area contributed by atoms with Crippen molar-refractivity contribution in [2.75, 3.05) is 46.2 Å². The molecule has 0 radical (unpaired) electrons. The van der Waals surface area contributed by atoms with Crippen molar-refractivity contribution < 1.29 is 23.7 Å². The first-order chi connectivity index (χ1) is 24.7. The fourth-order valence-electron chi connectivity index (χ4n) is 7.47. The van der Waals surface area contributed by atoms with Crippen molar-refractivity contribution in [3.63, 3.8) is 0 Å². The van der Waals surface area contributed by atoms with Crippen LogP contribution in [0.3, 0.4) is 0 Å². The average Bonchev–Trinajstić information content (AvgIpc) is 3.17. The second-order valence-corrected chi connectivity index (χ2v) is 13.9. The van der Waals surface area contributed by atoms with Crippen LogP contribution in [0.5, 0.6) is 5.88 Å². The molecule has 50 heavy (non-hydrogen) atoms. The summed E-state index contributed by atoms with van der Waals surface area (Å²) in [5, 5.41) is 6.84. The number of pyridine rings is 1. The summed E-state index contributed by atoms with van der Waals surface area (Å²) in [7, 11) is 0. The molecule has 2 aliphatic carbocycles. The van der Waals surface area contributed by atoms with Gasteiger partial charge in [0, 0.05) is 37.8 Å². The number of nitrogens with zero attached hydrogens (tertiary/aromatic N) is 1. The fraction of sp³-hybridized carbons (Fsp3) is 0.571. The molecule has 1 aromatic heterocycles. The van der Waals surface area contributed by atoms with Crippen LogP contribution in [-0.2, 0) is 32.2 Å². The van der Waals surface area contributed by atoms with Gasteiger partial charge in [0.25, 0.3) is 0 Å². The highest BCUT2D eigenvalue weighted by molar-refractivity contribution is 5.76. The van der Waals surface area contributed by atoms with E-state index in [1.54, 1.807) is 0 Å². The largest absolute Gasteiger partial charge is 0.473 e. The van der Waals surface area contributed by atoms with E-state index in [4.69, 9.17) is 18.9 Å². The maximum absolute atomic E-state index is 12.8. The van der Waals surface area contributed by atoms with E-state index in [1.165, 1.54) is 80.9 Å². The number of hydrogen-bond acceptors (Lipinski definition) is 7. The van der Waals surface area contributed by atoms with E-state index >= 15 is 0 Å². The second kappa shape index (κ2) is 21.8. The summed E-state index contributed by atoms with van der Waals surface area (Å²) in [6.07, 6.45) is 15.3. The van der Waals surface area contributed by atoms with Gasteiger partial charge in [-0.1, -0.05) is 93.1 Å².